The summed E-state index contributed by atoms with van der Waals surface area (Å²) in [6.45, 7) is 4.60. The van der Waals surface area contributed by atoms with Crippen LogP contribution in [0.3, 0.4) is 0 Å². The van der Waals surface area contributed by atoms with Crippen molar-refractivity contribution in [2.24, 2.45) is 0 Å². The minimum atomic E-state index is 0.0686. The maximum Gasteiger partial charge on any atom is 0.197 e. The lowest BCUT2D eigenvalue weighted by molar-refractivity contribution is 0.779. The van der Waals surface area contributed by atoms with Gasteiger partial charge in [-0.1, -0.05) is 47.2 Å². The molecule has 0 atom stereocenters. The van der Waals surface area contributed by atoms with Crippen molar-refractivity contribution in [1.29, 1.82) is 0 Å². The highest BCUT2D eigenvalue weighted by Gasteiger charge is 2.13. The first-order valence-corrected chi connectivity index (χ1v) is 9.61. The molecule has 0 aliphatic carbocycles. The Morgan fingerprint density at radius 2 is 1.62 bits per heavy atom. The highest BCUT2D eigenvalue weighted by molar-refractivity contribution is 5.93. The van der Waals surface area contributed by atoms with Gasteiger partial charge >= 0.3 is 0 Å². The van der Waals surface area contributed by atoms with Gasteiger partial charge in [0.15, 0.2) is 5.43 Å². The van der Waals surface area contributed by atoms with Crippen LogP contribution in [-0.2, 0) is 6.54 Å². The first-order valence-electron chi connectivity index (χ1n) is 9.61. The molecule has 5 nitrogen and oxygen atoms in total. The van der Waals surface area contributed by atoms with Crippen LogP contribution < -0.4 is 5.43 Å². The predicted molar refractivity (Wildman–Crippen MR) is 116 cm³/mol. The fourth-order valence-corrected chi connectivity index (χ4v) is 3.88. The first kappa shape index (κ1) is 17.4. The molecule has 29 heavy (non-hydrogen) atoms. The van der Waals surface area contributed by atoms with E-state index in [1.165, 1.54) is 0 Å². The molecule has 0 radical (unpaired) electrons. The van der Waals surface area contributed by atoms with Crippen LogP contribution in [0.4, 0.5) is 0 Å². The molecule has 5 heteroatoms. The molecule has 0 fully saturated rings. The van der Waals surface area contributed by atoms with Crippen molar-refractivity contribution in [2.75, 3.05) is 0 Å². The molecule has 2 heterocycles. The Kier molecular flexibility index (Phi) is 4.02. The van der Waals surface area contributed by atoms with Gasteiger partial charge in [0.05, 0.1) is 29.5 Å². The summed E-state index contributed by atoms with van der Waals surface area (Å²) in [4.78, 5) is 13.0. The van der Waals surface area contributed by atoms with Gasteiger partial charge < -0.3 is 4.57 Å². The number of rotatable bonds is 3. The molecule has 0 spiro atoms. The van der Waals surface area contributed by atoms with E-state index >= 15 is 0 Å². The average molecular weight is 380 g/mol. The topological polar surface area (TPSA) is 52.7 Å². The van der Waals surface area contributed by atoms with Crippen molar-refractivity contribution in [3.05, 3.63) is 100.0 Å². The van der Waals surface area contributed by atoms with Crippen LogP contribution in [0.15, 0.2) is 77.7 Å². The van der Waals surface area contributed by atoms with E-state index in [1.54, 1.807) is 0 Å². The second kappa shape index (κ2) is 6.71. The Bertz CT molecular complexity index is 1430. The van der Waals surface area contributed by atoms with Crippen molar-refractivity contribution >= 4 is 21.8 Å². The molecule has 0 bridgehead atoms. The van der Waals surface area contributed by atoms with Crippen molar-refractivity contribution < 1.29 is 0 Å². The molecule has 142 valence electrons. The molecule has 5 rings (SSSR count). The van der Waals surface area contributed by atoms with E-state index in [9.17, 15) is 4.79 Å². The lowest BCUT2D eigenvalue weighted by Crippen LogP contribution is -2.12. The number of benzene rings is 3. The molecule has 0 unspecified atom stereocenters. The summed E-state index contributed by atoms with van der Waals surface area (Å²) in [5.41, 5.74) is 5.93. The molecule has 2 aromatic heterocycles. The van der Waals surface area contributed by atoms with Gasteiger partial charge in [-0.15, -0.1) is 5.10 Å². The minimum absolute atomic E-state index is 0.0686. The Hall–Kier alpha value is -3.73. The van der Waals surface area contributed by atoms with Gasteiger partial charge in [0, 0.05) is 10.8 Å². The highest BCUT2D eigenvalue weighted by atomic mass is 16.1. The fraction of sp³-hybridized carbons (Fsp3) is 0.125. The second-order valence-electron chi connectivity index (χ2n) is 7.39. The summed E-state index contributed by atoms with van der Waals surface area (Å²) in [6.07, 6.45) is 1.95. The van der Waals surface area contributed by atoms with Crippen molar-refractivity contribution in [3.8, 4) is 5.69 Å². The van der Waals surface area contributed by atoms with E-state index in [-0.39, 0.29) is 5.43 Å². The number of nitrogens with zero attached hydrogens (tertiary/aromatic N) is 4. The first-order chi connectivity index (χ1) is 14.1. The number of hydrogen-bond donors (Lipinski definition) is 0. The van der Waals surface area contributed by atoms with Crippen LogP contribution in [0.2, 0.25) is 0 Å². The predicted octanol–water partition coefficient (Wildman–Crippen LogP) is 4.40. The third kappa shape index (κ3) is 2.91. The van der Waals surface area contributed by atoms with E-state index in [0.29, 0.717) is 6.54 Å². The van der Waals surface area contributed by atoms with Crippen molar-refractivity contribution in [3.63, 3.8) is 0 Å². The second-order valence-corrected chi connectivity index (χ2v) is 7.39. The molecular weight excluding hydrogens is 360 g/mol. The van der Waals surface area contributed by atoms with Gasteiger partial charge in [-0.3, -0.25) is 4.79 Å². The molecule has 0 N–H and O–H groups in total. The molecule has 3 aromatic carbocycles. The van der Waals surface area contributed by atoms with Crippen LogP contribution in [0.25, 0.3) is 27.5 Å². The molecule has 0 saturated heterocycles. The maximum absolute atomic E-state index is 13.0. The zero-order valence-corrected chi connectivity index (χ0v) is 16.3. The molecular formula is C24H20N4O. The Labute approximate surface area is 167 Å². The Morgan fingerprint density at radius 3 is 2.48 bits per heavy atom. The highest BCUT2D eigenvalue weighted by Crippen LogP contribution is 2.22. The number of fused-ring (bicyclic) bond motifs is 2. The molecule has 0 aliphatic heterocycles. The smallest absolute Gasteiger partial charge is 0.197 e. The summed E-state index contributed by atoms with van der Waals surface area (Å²) >= 11 is 0. The number of aromatic nitrogens is 4. The standard InChI is InChI=1S/C24H20N4O/c1-16-11-12-23-20(13-16)24(29)19-8-4-6-10-22(19)27(23)14-18-15-28(26-25-18)21-9-5-3-7-17(21)2/h3-13,15H,14H2,1-2H3. The number of para-hydroxylation sites is 2. The largest absolute Gasteiger partial charge is 0.334 e. The lowest BCUT2D eigenvalue weighted by atomic mass is 10.1. The monoisotopic (exact) mass is 380 g/mol. The lowest BCUT2D eigenvalue weighted by Gasteiger charge is -2.14. The van der Waals surface area contributed by atoms with Crippen LogP contribution in [0.5, 0.6) is 0 Å². The van der Waals surface area contributed by atoms with Crippen LogP contribution in [0.1, 0.15) is 16.8 Å². The number of aryl methyl sites for hydroxylation is 2. The van der Waals surface area contributed by atoms with E-state index in [1.807, 2.05) is 78.5 Å². The number of pyridine rings is 1. The summed E-state index contributed by atoms with van der Waals surface area (Å²) in [7, 11) is 0. The summed E-state index contributed by atoms with van der Waals surface area (Å²) in [5.74, 6) is 0. The van der Waals surface area contributed by atoms with Crippen LogP contribution in [0, 0.1) is 13.8 Å². The summed E-state index contributed by atoms with van der Waals surface area (Å²) in [6, 6.07) is 21.9. The number of hydrogen-bond acceptors (Lipinski definition) is 3. The van der Waals surface area contributed by atoms with E-state index in [4.69, 9.17) is 0 Å². The van der Waals surface area contributed by atoms with Gasteiger partial charge in [-0.25, -0.2) is 4.68 Å². The average Bonchev–Trinajstić information content (AvgIpc) is 3.20. The van der Waals surface area contributed by atoms with Crippen molar-refractivity contribution in [2.45, 2.75) is 20.4 Å². The summed E-state index contributed by atoms with van der Waals surface area (Å²) < 4.78 is 3.96. The van der Waals surface area contributed by atoms with Gasteiger partial charge in [0.2, 0.25) is 0 Å². The van der Waals surface area contributed by atoms with Gasteiger partial charge in [0.25, 0.3) is 0 Å². The summed E-state index contributed by atoms with van der Waals surface area (Å²) in [5, 5.41) is 10.2. The third-order valence-electron chi connectivity index (χ3n) is 5.35. The maximum atomic E-state index is 13.0. The Morgan fingerprint density at radius 1 is 0.862 bits per heavy atom. The van der Waals surface area contributed by atoms with Gasteiger partial charge in [0.1, 0.15) is 5.69 Å². The molecule has 5 aromatic rings. The van der Waals surface area contributed by atoms with E-state index < -0.39 is 0 Å². The Balaban J connectivity index is 1.69. The normalized spacial score (nSPS) is 11.4. The van der Waals surface area contributed by atoms with E-state index in [2.05, 4.69) is 27.9 Å². The SMILES string of the molecule is Cc1ccc2c(c1)c(=O)c1ccccc1n2Cc1cn(-c2ccccc2C)nn1. The van der Waals surface area contributed by atoms with Gasteiger partial charge in [-0.2, -0.15) is 0 Å². The fourth-order valence-electron chi connectivity index (χ4n) is 3.88. The quantitative estimate of drug-likeness (QED) is 0.436. The third-order valence-corrected chi connectivity index (χ3v) is 5.35. The molecule has 0 amide bonds. The molecule has 0 aliphatic rings. The van der Waals surface area contributed by atoms with Gasteiger partial charge in [-0.05, 0) is 49.7 Å². The van der Waals surface area contributed by atoms with E-state index in [0.717, 1.165) is 44.3 Å². The zero-order valence-electron chi connectivity index (χ0n) is 16.3. The molecule has 0 saturated carbocycles. The van der Waals surface area contributed by atoms with Crippen LogP contribution in [-0.4, -0.2) is 19.6 Å². The zero-order chi connectivity index (χ0) is 20.0. The van der Waals surface area contributed by atoms with Crippen LogP contribution >= 0.6 is 0 Å². The van der Waals surface area contributed by atoms with Crippen molar-refractivity contribution in [1.82, 2.24) is 19.6 Å². The minimum Gasteiger partial charge on any atom is -0.334 e.